The van der Waals surface area contributed by atoms with E-state index in [0.717, 1.165) is 52.6 Å². The summed E-state index contributed by atoms with van der Waals surface area (Å²) in [5.41, 5.74) is 3.16. The molecule has 0 unspecified atom stereocenters. The zero-order chi connectivity index (χ0) is 27.5. The van der Waals surface area contributed by atoms with Crippen molar-refractivity contribution in [2.45, 2.75) is 62.9 Å². The van der Waals surface area contributed by atoms with Crippen LogP contribution in [0.4, 0.5) is 0 Å². The zero-order valence-corrected chi connectivity index (χ0v) is 24.9. The number of nitrogens with zero attached hydrogens (tertiary/aromatic N) is 1. The van der Waals surface area contributed by atoms with Crippen molar-refractivity contribution in [1.82, 2.24) is 10.2 Å². The van der Waals surface area contributed by atoms with Crippen LogP contribution in [0.25, 0.3) is 0 Å². The van der Waals surface area contributed by atoms with E-state index in [0.29, 0.717) is 24.5 Å². The average Bonchev–Trinajstić information content (AvgIpc) is 2.96. The highest BCUT2D eigenvalue weighted by Gasteiger charge is 2.31. The molecule has 206 valence electrons. The first-order chi connectivity index (χ1) is 19.0. The number of benzene rings is 3. The largest absolute Gasteiger partial charge is 0.497 e. The molecule has 0 bridgehead atoms. The molecule has 5 nitrogen and oxygen atoms in total. The highest BCUT2D eigenvalue weighted by Crippen LogP contribution is 2.22. The number of rotatable bonds is 12. The topological polar surface area (TPSA) is 58.6 Å². The van der Waals surface area contributed by atoms with E-state index in [1.807, 2.05) is 78.9 Å². The maximum Gasteiger partial charge on any atom is 0.243 e. The van der Waals surface area contributed by atoms with Crippen LogP contribution in [0.2, 0.25) is 0 Å². The summed E-state index contributed by atoms with van der Waals surface area (Å²) in [7, 11) is 1.65. The van der Waals surface area contributed by atoms with Crippen LogP contribution in [0.15, 0.2) is 83.3 Å². The number of ether oxygens (including phenoxy) is 1. The van der Waals surface area contributed by atoms with Crippen LogP contribution in [0.1, 0.15) is 48.8 Å². The molecule has 7 heteroatoms. The van der Waals surface area contributed by atoms with Crippen molar-refractivity contribution in [1.29, 1.82) is 0 Å². The summed E-state index contributed by atoms with van der Waals surface area (Å²) >= 11 is 5.12. The molecular formula is C32H37BrN2O3S. The molecule has 0 radical (unpaired) electrons. The first kappa shape index (κ1) is 29.2. The van der Waals surface area contributed by atoms with E-state index in [9.17, 15) is 9.59 Å². The summed E-state index contributed by atoms with van der Waals surface area (Å²) < 4.78 is 6.20. The second kappa shape index (κ2) is 15.1. The van der Waals surface area contributed by atoms with Gasteiger partial charge in [0, 0.05) is 29.2 Å². The van der Waals surface area contributed by atoms with Gasteiger partial charge < -0.3 is 15.0 Å². The van der Waals surface area contributed by atoms with E-state index in [-0.39, 0.29) is 17.9 Å². The number of halogens is 1. The zero-order valence-electron chi connectivity index (χ0n) is 22.5. The van der Waals surface area contributed by atoms with Crippen LogP contribution in [-0.2, 0) is 28.3 Å². The number of methoxy groups -OCH3 is 1. The standard InChI is InChI=1S/C32H37BrN2O3S/c1-38-29-17-15-25(16-18-29)22-39-23-31(36)35(21-26-11-8-12-27(33)19-26)30(20-24-9-4-2-5-10-24)32(37)34-28-13-6-3-7-14-28/h2,4-5,8-12,15-19,28,30H,3,6-7,13-14,20-23H2,1H3,(H,34,37)/t30-/m1/s1. The smallest absolute Gasteiger partial charge is 0.243 e. The Morgan fingerprint density at radius 3 is 2.36 bits per heavy atom. The molecule has 0 aliphatic heterocycles. The lowest BCUT2D eigenvalue weighted by Gasteiger charge is -2.33. The average molecular weight is 610 g/mol. The Hall–Kier alpha value is -2.77. The molecule has 1 N–H and O–H groups in total. The number of carbonyl (C=O) groups is 2. The number of nitrogens with one attached hydrogen (secondary N) is 1. The van der Waals surface area contributed by atoms with Gasteiger partial charge in [-0.2, -0.15) is 0 Å². The van der Waals surface area contributed by atoms with Crippen LogP contribution in [0, 0.1) is 0 Å². The highest BCUT2D eigenvalue weighted by atomic mass is 79.9. The minimum Gasteiger partial charge on any atom is -0.497 e. The predicted octanol–water partition coefficient (Wildman–Crippen LogP) is 6.78. The van der Waals surface area contributed by atoms with Crippen molar-refractivity contribution in [3.05, 3.63) is 100 Å². The third kappa shape index (κ3) is 9.14. The van der Waals surface area contributed by atoms with E-state index in [4.69, 9.17) is 4.74 Å². The molecule has 3 aromatic rings. The first-order valence-corrected chi connectivity index (χ1v) is 15.6. The first-order valence-electron chi connectivity index (χ1n) is 13.6. The lowest BCUT2D eigenvalue weighted by Crippen LogP contribution is -2.53. The molecule has 0 aromatic heterocycles. The van der Waals surface area contributed by atoms with Gasteiger partial charge >= 0.3 is 0 Å². The molecular weight excluding hydrogens is 572 g/mol. The quantitative estimate of drug-likeness (QED) is 0.246. The van der Waals surface area contributed by atoms with Gasteiger partial charge in [-0.1, -0.05) is 89.8 Å². The van der Waals surface area contributed by atoms with Gasteiger partial charge in [0.2, 0.25) is 11.8 Å². The van der Waals surface area contributed by atoms with Crippen molar-refractivity contribution in [3.63, 3.8) is 0 Å². The molecule has 0 spiro atoms. The molecule has 0 heterocycles. The Kier molecular flexibility index (Phi) is 11.3. The van der Waals surface area contributed by atoms with Crippen LogP contribution < -0.4 is 10.1 Å². The fourth-order valence-corrected chi connectivity index (χ4v) is 6.31. The van der Waals surface area contributed by atoms with Gasteiger partial charge in [-0.25, -0.2) is 0 Å². The van der Waals surface area contributed by atoms with Gasteiger partial charge in [0.1, 0.15) is 11.8 Å². The molecule has 0 saturated heterocycles. The summed E-state index contributed by atoms with van der Waals surface area (Å²) in [5, 5.41) is 3.30. The number of thioether (sulfide) groups is 1. The van der Waals surface area contributed by atoms with Crippen molar-refractivity contribution < 1.29 is 14.3 Å². The van der Waals surface area contributed by atoms with Gasteiger partial charge in [-0.3, -0.25) is 9.59 Å². The number of hydrogen-bond acceptors (Lipinski definition) is 4. The Bertz CT molecular complexity index is 1200. The summed E-state index contributed by atoms with van der Waals surface area (Å²) in [4.78, 5) is 29.5. The fraction of sp³-hybridized carbons (Fsp3) is 0.375. The molecule has 2 amide bonds. The molecule has 1 aliphatic rings. The van der Waals surface area contributed by atoms with Gasteiger partial charge in [0.25, 0.3) is 0 Å². The van der Waals surface area contributed by atoms with E-state index < -0.39 is 6.04 Å². The number of amides is 2. The lowest BCUT2D eigenvalue weighted by atomic mass is 9.94. The van der Waals surface area contributed by atoms with Gasteiger partial charge in [0.15, 0.2) is 0 Å². The second-order valence-corrected chi connectivity index (χ2v) is 11.9. The normalized spacial score (nSPS) is 14.4. The Labute approximate surface area is 244 Å². The Morgan fingerprint density at radius 1 is 0.949 bits per heavy atom. The Morgan fingerprint density at radius 2 is 1.67 bits per heavy atom. The molecule has 1 fully saturated rings. The van der Waals surface area contributed by atoms with E-state index in [2.05, 4.69) is 21.2 Å². The number of carbonyl (C=O) groups excluding carboxylic acids is 2. The summed E-state index contributed by atoms with van der Waals surface area (Å²) in [6.07, 6.45) is 5.97. The van der Waals surface area contributed by atoms with Crippen LogP contribution in [0.5, 0.6) is 5.75 Å². The van der Waals surface area contributed by atoms with Crippen LogP contribution in [-0.4, -0.2) is 41.7 Å². The maximum absolute atomic E-state index is 13.8. The summed E-state index contributed by atoms with van der Waals surface area (Å²) in [5.74, 6) is 1.72. The summed E-state index contributed by atoms with van der Waals surface area (Å²) in [6, 6.07) is 25.4. The van der Waals surface area contributed by atoms with Gasteiger partial charge in [0.05, 0.1) is 12.9 Å². The second-order valence-electron chi connectivity index (χ2n) is 10.0. The predicted molar refractivity (Wildman–Crippen MR) is 163 cm³/mol. The van der Waals surface area contributed by atoms with E-state index in [1.165, 1.54) is 6.42 Å². The monoisotopic (exact) mass is 608 g/mol. The maximum atomic E-state index is 13.8. The number of hydrogen-bond donors (Lipinski definition) is 1. The van der Waals surface area contributed by atoms with Crippen LogP contribution >= 0.6 is 27.7 Å². The van der Waals surface area contributed by atoms with Crippen LogP contribution in [0.3, 0.4) is 0 Å². The molecule has 1 saturated carbocycles. The lowest BCUT2D eigenvalue weighted by molar-refractivity contribution is -0.139. The molecule has 4 rings (SSSR count). The molecule has 1 aliphatic carbocycles. The summed E-state index contributed by atoms with van der Waals surface area (Å²) in [6.45, 7) is 0.372. The third-order valence-electron chi connectivity index (χ3n) is 7.12. The van der Waals surface area contributed by atoms with E-state index in [1.54, 1.807) is 23.8 Å². The molecule has 3 aromatic carbocycles. The van der Waals surface area contributed by atoms with Gasteiger partial charge in [-0.05, 0) is 53.8 Å². The van der Waals surface area contributed by atoms with Gasteiger partial charge in [-0.15, -0.1) is 11.8 Å². The highest BCUT2D eigenvalue weighted by molar-refractivity contribution is 9.10. The Balaban J connectivity index is 1.55. The third-order valence-corrected chi connectivity index (χ3v) is 8.60. The minimum absolute atomic E-state index is 0.0341. The molecule has 39 heavy (non-hydrogen) atoms. The molecule has 1 atom stereocenters. The van der Waals surface area contributed by atoms with Crippen molar-refractivity contribution in [2.75, 3.05) is 12.9 Å². The van der Waals surface area contributed by atoms with E-state index >= 15 is 0 Å². The minimum atomic E-state index is -0.595. The van der Waals surface area contributed by atoms with Crippen molar-refractivity contribution >= 4 is 39.5 Å². The van der Waals surface area contributed by atoms with Crippen molar-refractivity contribution in [2.24, 2.45) is 0 Å². The van der Waals surface area contributed by atoms with Crippen molar-refractivity contribution in [3.8, 4) is 5.75 Å². The fourth-order valence-electron chi connectivity index (χ4n) is 4.99. The SMILES string of the molecule is COc1ccc(CSCC(=O)N(Cc2cccc(Br)c2)[C@H](Cc2ccccc2)C(=O)NC2CCCCC2)cc1.